The Morgan fingerprint density at radius 3 is 2.78 bits per heavy atom. The Morgan fingerprint density at radius 2 is 2.03 bits per heavy atom. The highest BCUT2D eigenvalue weighted by atomic mass is 35.5. The van der Waals surface area contributed by atoms with Gasteiger partial charge in [-0.05, 0) is 62.6 Å². The van der Waals surface area contributed by atoms with E-state index in [-0.39, 0.29) is 12.1 Å². The number of nitrogens with one attached hydrogen (secondary N) is 1. The molecule has 4 rings (SSSR count). The van der Waals surface area contributed by atoms with Gasteiger partial charge in [0.05, 0.1) is 12.2 Å². The normalized spacial score (nSPS) is 15.9. The van der Waals surface area contributed by atoms with E-state index in [1.165, 1.54) is 0 Å². The third kappa shape index (κ3) is 4.91. The first-order valence-corrected chi connectivity index (χ1v) is 10.9. The highest BCUT2D eigenvalue weighted by Crippen LogP contribution is 2.32. The minimum Gasteiger partial charge on any atom is -0.462 e. The van der Waals surface area contributed by atoms with Crippen molar-refractivity contribution < 1.29 is 18.8 Å². The molecular weight excluding hydrogens is 432 g/mol. The summed E-state index contributed by atoms with van der Waals surface area (Å²) < 4.78 is 10.5. The number of hydrogen-bond acceptors (Lipinski definition) is 6. The first kappa shape index (κ1) is 21.8. The van der Waals surface area contributed by atoms with Crippen LogP contribution in [0.1, 0.15) is 48.5 Å². The van der Waals surface area contributed by atoms with E-state index in [0.717, 1.165) is 24.8 Å². The lowest BCUT2D eigenvalue weighted by Crippen LogP contribution is -2.41. The third-order valence-electron chi connectivity index (χ3n) is 5.22. The number of anilines is 1. The summed E-state index contributed by atoms with van der Waals surface area (Å²) in [5, 5.41) is 7.54. The molecule has 0 spiro atoms. The Hall–Kier alpha value is -3.39. The highest BCUT2D eigenvalue weighted by molar-refractivity contribution is 6.30. The number of ether oxygens (including phenoxy) is 1. The van der Waals surface area contributed by atoms with Crippen LogP contribution in [0.25, 0.3) is 11.4 Å². The maximum absolute atomic E-state index is 13.0. The smallest absolute Gasteiger partial charge is 0.338 e. The van der Waals surface area contributed by atoms with Crippen LogP contribution in [-0.2, 0) is 4.74 Å². The molecule has 2 amide bonds. The molecule has 1 aliphatic rings. The summed E-state index contributed by atoms with van der Waals surface area (Å²) in [6, 6.07) is 13.2. The van der Waals surface area contributed by atoms with Crippen LogP contribution in [0.4, 0.5) is 10.5 Å². The molecule has 0 radical (unpaired) electrons. The van der Waals surface area contributed by atoms with Crippen LogP contribution in [0.3, 0.4) is 0 Å². The van der Waals surface area contributed by atoms with Gasteiger partial charge in [-0.2, -0.15) is 4.98 Å². The molecule has 2 heterocycles. The number of esters is 1. The Kier molecular flexibility index (Phi) is 6.70. The van der Waals surface area contributed by atoms with Crippen LogP contribution in [-0.4, -0.2) is 40.2 Å². The van der Waals surface area contributed by atoms with Crippen molar-refractivity contribution in [3.8, 4) is 11.4 Å². The van der Waals surface area contributed by atoms with Crippen LogP contribution in [0.2, 0.25) is 5.02 Å². The summed E-state index contributed by atoms with van der Waals surface area (Å²) in [6.07, 6.45) is 2.57. The van der Waals surface area contributed by atoms with Crippen LogP contribution in [0.15, 0.2) is 53.1 Å². The van der Waals surface area contributed by atoms with Crippen molar-refractivity contribution in [1.29, 1.82) is 0 Å². The Labute approximate surface area is 190 Å². The topological polar surface area (TPSA) is 97.6 Å². The zero-order valence-electron chi connectivity index (χ0n) is 17.6. The van der Waals surface area contributed by atoms with Gasteiger partial charge in [-0.15, -0.1) is 0 Å². The number of amides is 2. The van der Waals surface area contributed by atoms with Crippen molar-refractivity contribution >= 4 is 29.3 Å². The lowest BCUT2D eigenvalue weighted by atomic mass is 10.0. The van der Waals surface area contributed by atoms with Gasteiger partial charge in [-0.1, -0.05) is 28.9 Å². The van der Waals surface area contributed by atoms with Gasteiger partial charge in [0.15, 0.2) is 0 Å². The Morgan fingerprint density at radius 1 is 1.22 bits per heavy atom. The van der Waals surface area contributed by atoms with E-state index in [1.807, 2.05) is 12.1 Å². The second-order valence-corrected chi connectivity index (χ2v) is 7.84. The molecule has 1 atom stereocenters. The number of halogens is 1. The van der Waals surface area contributed by atoms with Crippen molar-refractivity contribution in [2.75, 3.05) is 18.5 Å². The molecule has 0 saturated carbocycles. The lowest BCUT2D eigenvalue weighted by Gasteiger charge is -2.33. The molecule has 2 aromatic carbocycles. The molecular formula is C23H23ClN4O4. The van der Waals surface area contributed by atoms with Crippen molar-refractivity contribution in [2.45, 2.75) is 32.2 Å². The number of carbonyl (C=O) groups excluding carboxylic acids is 2. The van der Waals surface area contributed by atoms with Gasteiger partial charge in [-0.3, -0.25) is 0 Å². The number of carbonyl (C=O) groups is 2. The molecule has 1 saturated heterocycles. The summed E-state index contributed by atoms with van der Waals surface area (Å²) in [5.41, 5.74) is 1.76. The number of rotatable bonds is 5. The molecule has 3 aromatic rings. The summed E-state index contributed by atoms with van der Waals surface area (Å²) in [4.78, 5) is 31.0. The molecule has 1 aromatic heterocycles. The van der Waals surface area contributed by atoms with Crippen molar-refractivity contribution in [3.63, 3.8) is 0 Å². The first-order valence-electron chi connectivity index (χ1n) is 10.5. The van der Waals surface area contributed by atoms with E-state index in [1.54, 1.807) is 48.2 Å². The van der Waals surface area contributed by atoms with E-state index < -0.39 is 5.97 Å². The monoisotopic (exact) mass is 454 g/mol. The molecule has 0 bridgehead atoms. The first-order chi connectivity index (χ1) is 15.5. The van der Waals surface area contributed by atoms with Gasteiger partial charge in [-0.25, -0.2) is 9.59 Å². The minimum atomic E-state index is -0.395. The zero-order valence-corrected chi connectivity index (χ0v) is 18.3. The summed E-state index contributed by atoms with van der Waals surface area (Å²) in [7, 11) is 0. The molecule has 166 valence electrons. The largest absolute Gasteiger partial charge is 0.462 e. The molecule has 9 heteroatoms. The molecule has 1 fully saturated rings. The molecule has 1 unspecified atom stereocenters. The average molecular weight is 455 g/mol. The molecule has 1 N–H and O–H groups in total. The van der Waals surface area contributed by atoms with E-state index in [2.05, 4.69) is 15.5 Å². The second kappa shape index (κ2) is 9.82. The standard InChI is InChI=1S/C23H23ClN4O4/c1-2-31-22(29)15-9-11-18(12-10-15)25-23(30)28-13-4-3-8-19(28)21-26-20(27-32-21)16-6-5-7-17(24)14-16/h5-7,9-12,14,19H,2-4,8,13H2,1H3,(H,25,30). The zero-order chi connectivity index (χ0) is 22.5. The Bertz CT molecular complexity index is 1100. The third-order valence-corrected chi connectivity index (χ3v) is 5.46. The van der Waals surface area contributed by atoms with Crippen molar-refractivity contribution in [3.05, 3.63) is 65.0 Å². The quantitative estimate of drug-likeness (QED) is 0.523. The number of hydrogen-bond donors (Lipinski definition) is 1. The molecule has 32 heavy (non-hydrogen) atoms. The Balaban J connectivity index is 1.48. The maximum atomic E-state index is 13.0. The summed E-state index contributed by atoms with van der Waals surface area (Å²) >= 11 is 6.06. The number of urea groups is 1. The summed E-state index contributed by atoms with van der Waals surface area (Å²) in [5.74, 6) is 0.434. The van der Waals surface area contributed by atoms with E-state index in [4.69, 9.17) is 20.9 Å². The van der Waals surface area contributed by atoms with E-state index in [0.29, 0.717) is 41.1 Å². The van der Waals surface area contributed by atoms with Crippen LogP contribution in [0.5, 0.6) is 0 Å². The predicted molar refractivity (Wildman–Crippen MR) is 119 cm³/mol. The van der Waals surface area contributed by atoms with Gasteiger partial charge in [0, 0.05) is 22.8 Å². The van der Waals surface area contributed by atoms with Gasteiger partial charge >= 0.3 is 12.0 Å². The predicted octanol–water partition coefficient (Wildman–Crippen LogP) is 5.33. The number of benzene rings is 2. The highest BCUT2D eigenvalue weighted by Gasteiger charge is 2.32. The van der Waals surface area contributed by atoms with E-state index >= 15 is 0 Å². The van der Waals surface area contributed by atoms with Crippen LogP contribution < -0.4 is 5.32 Å². The summed E-state index contributed by atoms with van der Waals surface area (Å²) in [6.45, 7) is 2.64. The fourth-order valence-corrected chi connectivity index (χ4v) is 3.84. The number of piperidine rings is 1. The molecule has 1 aliphatic heterocycles. The van der Waals surface area contributed by atoms with Gasteiger partial charge < -0.3 is 19.5 Å². The molecule has 0 aliphatic carbocycles. The minimum absolute atomic E-state index is 0.263. The maximum Gasteiger partial charge on any atom is 0.338 e. The fraction of sp³-hybridized carbons (Fsp3) is 0.304. The number of likely N-dealkylation sites (tertiary alicyclic amines) is 1. The van der Waals surface area contributed by atoms with Crippen molar-refractivity contribution in [1.82, 2.24) is 15.0 Å². The van der Waals surface area contributed by atoms with Crippen LogP contribution >= 0.6 is 11.6 Å². The second-order valence-electron chi connectivity index (χ2n) is 7.40. The fourth-order valence-electron chi connectivity index (χ4n) is 3.65. The van der Waals surface area contributed by atoms with Gasteiger partial charge in [0.1, 0.15) is 6.04 Å². The average Bonchev–Trinajstić information content (AvgIpc) is 3.30. The van der Waals surface area contributed by atoms with Gasteiger partial charge in [0.25, 0.3) is 0 Å². The van der Waals surface area contributed by atoms with Crippen LogP contribution in [0, 0.1) is 0 Å². The number of aromatic nitrogens is 2. The van der Waals surface area contributed by atoms with E-state index in [9.17, 15) is 9.59 Å². The lowest BCUT2D eigenvalue weighted by molar-refractivity contribution is 0.0526. The number of nitrogens with zero attached hydrogens (tertiary/aromatic N) is 3. The molecule has 8 nitrogen and oxygen atoms in total. The SMILES string of the molecule is CCOC(=O)c1ccc(NC(=O)N2CCCCC2c2nc(-c3cccc(Cl)c3)no2)cc1. The van der Waals surface area contributed by atoms with Gasteiger partial charge in [0.2, 0.25) is 11.7 Å². The van der Waals surface area contributed by atoms with Crippen molar-refractivity contribution in [2.24, 2.45) is 0 Å².